The van der Waals surface area contributed by atoms with Gasteiger partial charge in [-0.05, 0) is 36.3 Å². The number of hydrogen-bond acceptors (Lipinski definition) is 9. The van der Waals surface area contributed by atoms with Crippen molar-refractivity contribution in [1.82, 2.24) is 16.0 Å². The molecule has 2 aromatic carbocycles. The molecule has 0 radical (unpaired) electrons. The number of benzene rings is 2. The smallest absolute Gasteiger partial charge is 0.264 e. The fourth-order valence-electron chi connectivity index (χ4n) is 5.56. The summed E-state index contributed by atoms with van der Waals surface area (Å²) in [5.74, 6) is 1.60. The van der Waals surface area contributed by atoms with E-state index in [1.807, 2.05) is 42.6 Å². The minimum absolute atomic E-state index is 0.0830. The lowest BCUT2D eigenvalue weighted by molar-refractivity contribution is -0.671. The number of carbonyl (C=O) groups excluding carboxylic acids is 3. The van der Waals surface area contributed by atoms with Gasteiger partial charge in [0.05, 0.1) is 48.3 Å². The summed E-state index contributed by atoms with van der Waals surface area (Å²) in [5.41, 5.74) is 3.07. The molecule has 4 N–H and O–H groups in total. The van der Waals surface area contributed by atoms with Crippen LogP contribution in [-0.2, 0) is 40.5 Å². The molecule has 13 nitrogen and oxygen atoms in total. The highest BCUT2D eigenvalue weighted by atomic mass is 32.2. The van der Waals surface area contributed by atoms with Gasteiger partial charge in [0.15, 0.2) is 12.7 Å². The number of aryl methyl sites for hydroxylation is 1. The zero-order valence-electron chi connectivity index (χ0n) is 29.8. The second-order valence-electron chi connectivity index (χ2n) is 12.2. The SMILES string of the molecule is C#CCCC(=O)NCCOCCOCCNC(=O)CCC(=O)NCCC[n+]1ccc(C=C2Sc3ccccc3N2CCCS(=O)(=O)O)c2ccccc21. The third-order valence-corrected chi connectivity index (χ3v) is 10.1. The van der Waals surface area contributed by atoms with Crippen molar-refractivity contribution in [3.8, 4) is 12.3 Å². The van der Waals surface area contributed by atoms with Crippen LogP contribution in [0.1, 0.15) is 44.1 Å². The van der Waals surface area contributed by atoms with Gasteiger partial charge in [-0.1, -0.05) is 36.0 Å². The molecule has 53 heavy (non-hydrogen) atoms. The molecule has 0 unspecified atom stereocenters. The lowest BCUT2D eigenvalue weighted by atomic mass is 10.1. The number of aromatic nitrogens is 1. The number of ether oxygens (including phenoxy) is 2. The van der Waals surface area contributed by atoms with Gasteiger partial charge in [-0.3, -0.25) is 18.9 Å². The summed E-state index contributed by atoms with van der Waals surface area (Å²) in [4.78, 5) is 39.2. The lowest BCUT2D eigenvalue weighted by Gasteiger charge is -2.20. The molecule has 0 saturated carbocycles. The van der Waals surface area contributed by atoms with Crippen molar-refractivity contribution in [2.45, 2.75) is 50.0 Å². The van der Waals surface area contributed by atoms with Crippen LogP contribution in [0.25, 0.3) is 17.0 Å². The van der Waals surface area contributed by atoms with E-state index in [1.165, 1.54) is 0 Å². The summed E-state index contributed by atoms with van der Waals surface area (Å²) in [6.07, 6.45) is 11.1. The monoisotopic (exact) mass is 766 g/mol. The molecule has 0 spiro atoms. The number of pyridine rings is 1. The number of hydrogen-bond donors (Lipinski definition) is 4. The van der Waals surface area contributed by atoms with Crippen LogP contribution >= 0.6 is 11.8 Å². The maximum absolute atomic E-state index is 12.4. The van der Waals surface area contributed by atoms with Gasteiger partial charge in [0.2, 0.25) is 23.2 Å². The minimum atomic E-state index is -4.05. The molecule has 1 aliphatic heterocycles. The van der Waals surface area contributed by atoms with Crippen molar-refractivity contribution in [1.29, 1.82) is 0 Å². The van der Waals surface area contributed by atoms with Crippen LogP contribution in [-0.4, -0.2) is 89.1 Å². The number of para-hydroxylation sites is 2. The number of fused-ring (bicyclic) bond motifs is 2. The highest BCUT2D eigenvalue weighted by molar-refractivity contribution is 8.03. The van der Waals surface area contributed by atoms with Gasteiger partial charge in [0.1, 0.15) is 0 Å². The first-order valence-corrected chi connectivity index (χ1v) is 20.1. The zero-order chi connectivity index (χ0) is 37.9. The molecule has 15 heteroatoms. The number of anilines is 1. The summed E-state index contributed by atoms with van der Waals surface area (Å²) in [7, 11) is -4.05. The first-order chi connectivity index (χ1) is 25.6. The molecule has 4 rings (SSSR count). The second-order valence-corrected chi connectivity index (χ2v) is 14.8. The third kappa shape index (κ3) is 14.5. The molecule has 0 fully saturated rings. The average molecular weight is 767 g/mol. The first kappa shape index (κ1) is 41.3. The predicted molar refractivity (Wildman–Crippen MR) is 205 cm³/mol. The quantitative estimate of drug-likeness (QED) is 0.0487. The van der Waals surface area contributed by atoms with Gasteiger partial charge >= 0.3 is 0 Å². The Kier molecular flexibility index (Phi) is 17.1. The van der Waals surface area contributed by atoms with E-state index in [1.54, 1.807) is 11.8 Å². The normalized spacial score (nSPS) is 13.1. The Morgan fingerprint density at radius 1 is 0.849 bits per heavy atom. The molecule has 0 atom stereocenters. The van der Waals surface area contributed by atoms with Gasteiger partial charge in [-0.25, -0.2) is 0 Å². The molecule has 3 amide bonds. The van der Waals surface area contributed by atoms with E-state index in [-0.39, 0.29) is 36.3 Å². The Bertz CT molecular complexity index is 1880. The molecule has 3 aromatic rings. The van der Waals surface area contributed by atoms with E-state index >= 15 is 0 Å². The van der Waals surface area contributed by atoms with Gasteiger partial charge in [0.25, 0.3) is 10.1 Å². The maximum atomic E-state index is 12.4. The Labute approximate surface area is 315 Å². The Morgan fingerprint density at radius 2 is 1.49 bits per heavy atom. The molecular formula is C38H48N5O8S2+. The summed E-state index contributed by atoms with van der Waals surface area (Å²) >= 11 is 1.63. The summed E-state index contributed by atoms with van der Waals surface area (Å²) < 4.78 is 44.9. The molecule has 2 heterocycles. The molecule has 1 aromatic heterocycles. The summed E-state index contributed by atoms with van der Waals surface area (Å²) in [6, 6.07) is 18.1. The maximum Gasteiger partial charge on any atom is 0.264 e. The lowest BCUT2D eigenvalue weighted by Crippen LogP contribution is -2.37. The molecule has 0 saturated heterocycles. The van der Waals surface area contributed by atoms with Crippen LogP contribution in [0.4, 0.5) is 5.69 Å². The standard InChI is InChI=1S/C38H47N5O8S2/c1-2-3-14-35(44)40-19-24-50-26-27-51-25-20-41-37(46)16-15-36(45)39-18-8-21-42-23-17-30(31-10-4-5-11-32(31)42)29-38-43(22-9-28-53(47,48)49)33-12-6-7-13-34(33)52-38/h1,4-7,10-13,17,23,29H,3,8-9,14-16,18-22,24-28H2,(H3-,39,40,41,44,45,46,47,48,49)/p+1. The number of terminal acetylenes is 1. The largest absolute Gasteiger partial charge is 0.377 e. The number of nitrogens with zero attached hydrogens (tertiary/aromatic N) is 2. The van der Waals surface area contributed by atoms with Crippen molar-refractivity contribution < 1.29 is 41.4 Å². The van der Waals surface area contributed by atoms with Gasteiger partial charge < -0.3 is 30.3 Å². The van der Waals surface area contributed by atoms with Crippen LogP contribution < -0.4 is 25.4 Å². The fraction of sp³-hybridized carbons (Fsp3) is 0.421. The Balaban J connectivity index is 1.15. The third-order valence-electron chi connectivity index (χ3n) is 8.14. The first-order valence-electron chi connectivity index (χ1n) is 17.7. The summed E-state index contributed by atoms with van der Waals surface area (Å²) in [5, 5.41) is 10.4. The van der Waals surface area contributed by atoms with Crippen LogP contribution in [0.15, 0.2) is 70.7 Å². The Hall–Kier alpha value is -4.46. The predicted octanol–water partition coefficient (Wildman–Crippen LogP) is 3.28. The van der Waals surface area contributed by atoms with Crippen LogP contribution in [0, 0.1) is 12.3 Å². The molecule has 0 bridgehead atoms. The Morgan fingerprint density at radius 3 is 2.19 bits per heavy atom. The van der Waals surface area contributed by atoms with Crippen molar-refractivity contribution in [3.63, 3.8) is 0 Å². The molecule has 284 valence electrons. The highest BCUT2D eigenvalue weighted by Crippen LogP contribution is 2.46. The van der Waals surface area contributed by atoms with E-state index in [2.05, 4.69) is 55.6 Å². The average Bonchev–Trinajstić information content (AvgIpc) is 3.49. The van der Waals surface area contributed by atoms with E-state index in [4.69, 9.17) is 15.9 Å². The van der Waals surface area contributed by atoms with E-state index in [0.717, 1.165) is 32.1 Å². The van der Waals surface area contributed by atoms with Gasteiger partial charge in [-0.15, -0.1) is 12.3 Å². The fourth-order valence-corrected chi connectivity index (χ4v) is 7.20. The van der Waals surface area contributed by atoms with Gasteiger partial charge in [0, 0.05) is 75.3 Å². The minimum Gasteiger partial charge on any atom is -0.377 e. The molecular weight excluding hydrogens is 719 g/mol. The van der Waals surface area contributed by atoms with Crippen molar-refractivity contribution in [2.24, 2.45) is 0 Å². The van der Waals surface area contributed by atoms with Crippen molar-refractivity contribution in [2.75, 3.05) is 63.3 Å². The van der Waals surface area contributed by atoms with Crippen LogP contribution in [0.2, 0.25) is 0 Å². The topological polar surface area (TPSA) is 167 Å². The van der Waals surface area contributed by atoms with E-state index < -0.39 is 10.1 Å². The number of carbonyl (C=O) groups is 3. The van der Waals surface area contributed by atoms with E-state index in [0.29, 0.717) is 84.8 Å². The second kappa shape index (κ2) is 21.9. The van der Waals surface area contributed by atoms with Crippen molar-refractivity contribution >= 4 is 62.3 Å². The highest BCUT2D eigenvalue weighted by Gasteiger charge is 2.25. The summed E-state index contributed by atoms with van der Waals surface area (Å²) in [6.45, 7) is 3.74. The number of thioether (sulfide) groups is 1. The molecule has 0 aliphatic carbocycles. The molecule has 1 aliphatic rings. The number of rotatable bonds is 23. The number of amides is 3. The zero-order valence-corrected chi connectivity index (χ0v) is 31.4. The number of nitrogens with one attached hydrogen (secondary N) is 3. The van der Waals surface area contributed by atoms with Crippen molar-refractivity contribution in [3.05, 3.63) is 71.4 Å². The van der Waals surface area contributed by atoms with Crippen LogP contribution in [0.3, 0.4) is 0 Å². The van der Waals surface area contributed by atoms with Gasteiger partial charge in [-0.2, -0.15) is 13.0 Å². The van der Waals surface area contributed by atoms with Crippen LogP contribution in [0.5, 0.6) is 0 Å². The van der Waals surface area contributed by atoms with E-state index in [9.17, 15) is 27.4 Å².